The third-order valence-corrected chi connectivity index (χ3v) is 3.94. The van der Waals surface area contributed by atoms with Gasteiger partial charge in [0.2, 0.25) is 0 Å². The van der Waals surface area contributed by atoms with Crippen LogP contribution in [0.2, 0.25) is 5.02 Å². The van der Waals surface area contributed by atoms with Gasteiger partial charge < -0.3 is 10.6 Å². The summed E-state index contributed by atoms with van der Waals surface area (Å²) in [5, 5.41) is 9.45. The highest BCUT2D eigenvalue weighted by molar-refractivity contribution is 7.09. The minimum absolute atomic E-state index is 0.780. The van der Waals surface area contributed by atoms with Crippen molar-refractivity contribution in [3.63, 3.8) is 0 Å². The van der Waals surface area contributed by atoms with Crippen LogP contribution in [0, 0.1) is 0 Å². The molecule has 0 spiro atoms. The molecule has 5 heteroatoms. The zero-order chi connectivity index (χ0) is 14.2. The second-order valence-corrected chi connectivity index (χ2v) is 5.78. The number of nitrogens with zero attached hydrogens (tertiary/aromatic N) is 1. The summed E-state index contributed by atoms with van der Waals surface area (Å²) >= 11 is 7.70. The van der Waals surface area contributed by atoms with Gasteiger partial charge in [-0.05, 0) is 35.6 Å². The lowest BCUT2D eigenvalue weighted by atomic mass is 10.1. The van der Waals surface area contributed by atoms with Crippen LogP contribution in [0.4, 0.5) is 0 Å². The molecule has 1 aromatic heterocycles. The van der Waals surface area contributed by atoms with E-state index in [2.05, 4.69) is 39.2 Å². The predicted octanol–water partition coefficient (Wildman–Crippen LogP) is 3.31. The molecule has 0 aliphatic heterocycles. The van der Waals surface area contributed by atoms with Crippen molar-refractivity contribution in [3.8, 4) is 0 Å². The van der Waals surface area contributed by atoms with Crippen molar-refractivity contribution in [2.45, 2.75) is 13.0 Å². The number of aliphatic imine (C=N–C) groups is 1. The Balaban J connectivity index is 1.74. The molecule has 0 aliphatic carbocycles. The average Bonchev–Trinajstić information content (AvgIpc) is 2.96. The van der Waals surface area contributed by atoms with Crippen LogP contribution in [0.3, 0.4) is 0 Å². The third kappa shape index (κ3) is 4.87. The van der Waals surface area contributed by atoms with E-state index in [1.165, 1.54) is 10.4 Å². The molecular formula is C15H18ClN3S. The van der Waals surface area contributed by atoms with Crippen LogP contribution in [0.15, 0.2) is 46.8 Å². The first kappa shape index (κ1) is 14.9. The van der Waals surface area contributed by atoms with E-state index < -0.39 is 0 Å². The monoisotopic (exact) mass is 307 g/mol. The van der Waals surface area contributed by atoms with Crippen LogP contribution in [-0.2, 0) is 13.0 Å². The van der Waals surface area contributed by atoms with Gasteiger partial charge in [-0.3, -0.25) is 4.99 Å². The Morgan fingerprint density at radius 3 is 2.85 bits per heavy atom. The molecule has 0 bridgehead atoms. The maximum absolute atomic E-state index is 5.97. The van der Waals surface area contributed by atoms with Gasteiger partial charge in [-0.15, -0.1) is 11.3 Å². The minimum atomic E-state index is 0.780. The van der Waals surface area contributed by atoms with E-state index in [9.17, 15) is 0 Å². The Hall–Kier alpha value is -1.52. The van der Waals surface area contributed by atoms with Crippen LogP contribution < -0.4 is 10.6 Å². The molecule has 3 nitrogen and oxygen atoms in total. The van der Waals surface area contributed by atoms with E-state index >= 15 is 0 Å². The molecule has 0 fully saturated rings. The molecule has 2 N–H and O–H groups in total. The zero-order valence-electron chi connectivity index (χ0n) is 11.4. The molecule has 0 unspecified atom stereocenters. The molecule has 0 aliphatic rings. The van der Waals surface area contributed by atoms with Crippen molar-refractivity contribution >= 4 is 28.9 Å². The lowest BCUT2D eigenvalue weighted by Gasteiger charge is -2.11. The lowest BCUT2D eigenvalue weighted by molar-refractivity contribution is 0.799. The normalized spacial score (nSPS) is 11.4. The number of rotatable bonds is 5. The van der Waals surface area contributed by atoms with E-state index in [-0.39, 0.29) is 0 Å². The van der Waals surface area contributed by atoms with Crippen molar-refractivity contribution in [3.05, 3.63) is 57.2 Å². The van der Waals surface area contributed by atoms with Crippen LogP contribution >= 0.6 is 22.9 Å². The van der Waals surface area contributed by atoms with Gasteiger partial charge >= 0.3 is 0 Å². The summed E-state index contributed by atoms with van der Waals surface area (Å²) in [6.45, 7) is 1.62. The molecule has 2 rings (SSSR count). The van der Waals surface area contributed by atoms with Crippen molar-refractivity contribution in [2.75, 3.05) is 13.6 Å². The maximum atomic E-state index is 5.97. The highest BCUT2D eigenvalue weighted by atomic mass is 35.5. The van der Waals surface area contributed by atoms with E-state index in [1.807, 2.05) is 18.2 Å². The fourth-order valence-corrected chi connectivity index (χ4v) is 2.68. The van der Waals surface area contributed by atoms with Gasteiger partial charge in [0.05, 0.1) is 6.54 Å². The summed E-state index contributed by atoms with van der Waals surface area (Å²) in [5.74, 6) is 0.820. The standard InChI is InChI=1S/C15H18ClN3S/c1-17-15(19-11-14-6-3-9-20-14)18-8-7-12-4-2-5-13(16)10-12/h2-6,9-10H,7-8,11H2,1H3,(H2,17,18,19). The van der Waals surface area contributed by atoms with Crippen LogP contribution in [0.1, 0.15) is 10.4 Å². The smallest absolute Gasteiger partial charge is 0.191 e. The molecule has 20 heavy (non-hydrogen) atoms. The summed E-state index contributed by atoms with van der Waals surface area (Å²) in [6, 6.07) is 12.1. The second-order valence-electron chi connectivity index (χ2n) is 4.31. The summed E-state index contributed by atoms with van der Waals surface area (Å²) in [7, 11) is 1.78. The number of nitrogens with one attached hydrogen (secondary N) is 2. The van der Waals surface area contributed by atoms with E-state index in [4.69, 9.17) is 11.6 Å². The number of hydrogen-bond acceptors (Lipinski definition) is 2. The molecule has 0 saturated heterocycles. The topological polar surface area (TPSA) is 36.4 Å². The maximum Gasteiger partial charge on any atom is 0.191 e. The van der Waals surface area contributed by atoms with Gasteiger partial charge in [0, 0.05) is 23.5 Å². The van der Waals surface area contributed by atoms with Gasteiger partial charge in [0.15, 0.2) is 5.96 Å². The quantitative estimate of drug-likeness (QED) is 0.657. The first-order valence-corrected chi connectivity index (χ1v) is 7.75. The lowest BCUT2D eigenvalue weighted by Crippen LogP contribution is -2.37. The summed E-state index contributed by atoms with van der Waals surface area (Å²) < 4.78 is 0. The molecule has 0 atom stereocenters. The van der Waals surface area contributed by atoms with Gasteiger partial charge in [0.25, 0.3) is 0 Å². The van der Waals surface area contributed by atoms with Gasteiger partial charge in [0.1, 0.15) is 0 Å². The van der Waals surface area contributed by atoms with E-state index in [0.29, 0.717) is 0 Å². The Labute approximate surface area is 128 Å². The molecule has 0 saturated carbocycles. The largest absolute Gasteiger partial charge is 0.356 e. The Morgan fingerprint density at radius 1 is 1.25 bits per heavy atom. The van der Waals surface area contributed by atoms with Crippen LogP contribution in [-0.4, -0.2) is 19.6 Å². The highest BCUT2D eigenvalue weighted by Gasteiger charge is 1.99. The Morgan fingerprint density at radius 2 is 2.15 bits per heavy atom. The van der Waals surface area contributed by atoms with Crippen molar-refractivity contribution in [2.24, 2.45) is 4.99 Å². The first-order chi connectivity index (χ1) is 9.78. The number of guanidine groups is 1. The number of hydrogen-bond donors (Lipinski definition) is 2. The van der Waals surface area contributed by atoms with Gasteiger partial charge in [-0.2, -0.15) is 0 Å². The van der Waals surface area contributed by atoms with Gasteiger partial charge in [-0.25, -0.2) is 0 Å². The fraction of sp³-hybridized carbons (Fsp3) is 0.267. The van der Waals surface area contributed by atoms with Crippen molar-refractivity contribution < 1.29 is 0 Å². The SMILES string of the molecule is CN=C(NCCc1cccc(Cl)c1)NCc1cccs1. The molecular weight excluding hydrogens is 290 g/mol. The van der Waals surface area contributed by atoms with E-state index in [0.717, 1.165) is 30.5 Å². The molecule has 2 aromatic rings. The van der Waals surface area contributed by atoms with Gasteiger partial charge in [-0.1, -0.05) is 29.8 Å². The van der Waals surface area contributed by atoms with Crippen LogP contribution in [0.25, 0.3) is 0 Å². The van der Waals surface area contributed by atoms with Crippen molar-refractivity contribution in [1.29, 1.82) is 0 Å². The Kier molecular flexibility index (Phi) is 5.89. The zero-order valence-corrected chi connectivity index (χ0v) is 13.0. The summed E-state index contributed by atoms with van der Waals surface area (Å²) in [5.41, 5.74) is 1.22. The Bertz CT molecular complexity index is 552. The number of halogens is 1. The highest BCUT2D eigenvalue weighted by Crippen LogP contribution is 2.10. The molecule has 1 heterocycles. The number of benzene rings is 1. The summed E-state index contributed by atoms with van der Waals surface area (Å²) in [4.78, 5) is 5.50. The molecule has 0 amide bonds. The van der Waals surface area contributed by atoms with E-state index in [1.54, 1.807) is 18.4 Å². The summed E-state index contributed by atoms with van der Waals surface area (Å²) in [6.07, 6.45) is 0.917. The molecule has 1 aromatic carbocycles. The van der Waals surface area contributed by atoms with Crippen molar-refractivity contribution in [1.82, 2.24) is 10.6 Å². The van der Waals surface area contributed by atoms with Crippen LogP contribution in [0.5, 0.6) is 0 Å². The molecule has 106 valence electrons. The fourth-order valence-electron chi connectivity index (χ4n) is 1.82. The number of thiophene rings is 1. The first-order valence-electron chi connectivity index (χ1n) is 6.49. The predicted molar refractivity (Wildman–Crippen MR) is 87.7 cm³/mol. The minimum Gasteiger partial charge on any atom is -0.356 e. The molecule has 0 radical (unpaired) electrons. The average molecular weight is 308 g/mol. The third-order valence-electron chi connectivity index (χ3n) is 2.83. The second kappa shape index (κ2) is 7.92.